The van der Waals surface area contributed by atoms with E-state index < -0.39 is 17.7 Å². The molecule has 1 aliphatic heterocycles. The van der Waals surface area contributed by atoms with Gasteiger partial charge < -0.3 is 19.1 Å². The molecule has 0 amide bonds. The highest BCUT2D eigenvalue weighted by Gasteiger charge is 2.37. The maximum Gasteiger partial charge on any atom is 0.340 e. The summed E-state index contributed by atoms with van der Waals surface area (Å²) in [6.07, 6.45) is 1.55. The van der Waals surface area contributed by atoms with Gasteiger partial charge in [0.05, 0.1) is 24.0 Å². The lowest BCUT2D eigenvalue weighted by molar-refractivity contribution is -0.171. The van der Waals surface area contributed by atoms with E-state index in [2.05, 4.69) is 30.9 Å². The Hall–Kier alpha value is -3.45. The lowest BCUT2D eigenvalue weighted by Gasteiger charge is -2.41. The van der Waals surface area contributed by atoms with Crippen LogP contribution in [0.5, 0.6) is 5.75 Å². The van der Waals surface area contributed by atoms with E-state index in [0.29, 0.717) is 13.0 Å². The maximum atomic E-state index is 13.7. The molecule has 1 aliphatic rings. The lowest BCUT2D eigenvalue weighted by Crippen LogP contribution is -2.39. The Morgan fingerprint density at radius 1 is 0.977 bits per heavy atom. The summed E-state index contributed by atoms with van der Waals surface area (Å²) < 4.78 is 31.5. The van der Waals surface area contributed by atoms with Crippen molar-refractivity contribution in [2.24, 2.45) is 5.41 Å². The molecule has 0 bridgehead atoms. The topological polar surface area (TPSA) is 60.9 Å². The third-order valence-electron chi connectivity index (χ3n) is 8.03. The molecule has 1 saturated heterocycles. The van der Waals surface area contributed by atoms with Crippen molar-refractivity contribution in [1.29, 1.82) is 0 Å². The fraction of sp³-hybridized carbons (Fsp3) is 0.514. The molecule has 0 radical (unpaired) electrons. The van der Waals surface area contributed by atoms with Crippen molar-refractivity contribution in [2.75, 3.05) is 24.6 Å². The van der Waals surface area contributed by atoms with Crippen LogP contribution in [0.4, 0.5) is 10.1 Å². The first-order valence-corrected chi connectivity index (χ1v) is 15.8. The van der Waals surface area contributed by atoms with Crippen LogP contribution in [-0.2, 0) is 20.7 Å². The number of aryl methyl sites for hydroxylation is 2. The van der Waals surface area contributed by atoms with Gasteiger partial charge in [0.2, 0.25) is 0 Å². The minimum absolute atomic E-state index is 0.241. The quantitative estimate of drug-likeness (QED) is 0.216. The first-order valence-electron chi connectivity index (χ1n) is 15.8. The van der Waals surface area contributed by atoms with Gasteiger partial charge in [-0.25, -0.2) is 9.18 Å². The van der Waals surface area contributed by atoms with Gasteiger partial charge >= 0.3 is 5.97 Å². The molecule has 1 aromatic heterocycles. The Bertz CT molecular complexity index is 1420. The largest absolute Gasteiger partial charge is 0.493 e. The van der Waals surface area contributed by atoms with Crippen molar-refractivity contribution in [1.82, 2.24) is 4.98 Å². The average molecular weight is 605 g/mol. The summed E-state index contributed by atoms with van der Waals surface area (Å²) in [7, 11) is 0. The third-order valence-corrected chi connectivity index (χ3v) is 8.03. The summed E-state index contributed by atoms with van der Waals surface area (Å²) in [6.45, 7) is 20.4. The van der Waals surface area contributed by atoms with Crippen LogP contribution in [-0.4, -0.2) is 42.4 Å². The normalized spacial score (nSPS) is 15.8. The van der Waals surface area contributed by atoms with Crippen molar-refractivity contribution in [3.05, 3.63) is 76.9 Å². The number of pyridine rings is 1. The second-order valence-corrected chi connectivity index (χ2v) is 13.9. The number of anilines is 1. The standard InChI is InChI=1S/C37H49FN2O4/c1-24(2)43-35(41)34(44-36(5,6)7)32-26(4)39-25(3)31(33(32)40-21-19-37(8,9)20-22-40)28-12-16-30(17-13-28)42-23-18-27-10-14-29(38)15-11-27/h10-17,24,34H,18-23H2,1-9H3/t34-/m0/s1. The number of piperidine rings is 1. The summed E-state index contributed by atoms with van der Waals surface area (Å²) in [4.78, 5) is 21.1. The maximum absolute atomic E-state index is 13.7. The highest BCUT2D eigenvalue weighted by atomic mass is 19.1. The van der Waals surface area contributed by atoms with Crippen LogP contribution in [0.3, 0.4) is 0 Å². The lowest BCUT2D eigenvalue weighted by atomic mass is 9.82. The summed E-state index contributed by atoms with van der Waals surface area (Å²) in [5.74, 6) is 0.109. The smallest absolute Gasteiger partial charge is 0.340 e. The molecule has 0 N–H and O–H groups in total. The highest BCUT2D eigenvalue weighted by Crippen LogP contribution is 2.45. The number of hydrogen-bond donors (Lipinski definition) is 0. The molecule has 4 rings (SSSR count). The van der Waals surface area contributed by atoms with E-state index in [1.807, 2.05) is 60.6 Å². The Labute approximate surface area is 262 Å². The van der Waals surface area contributed by atoms with E-state index in [1.54, 1.807) is 12.1 Å². The van der Waals surface area contributed by atoms with Crippen molar-refractivity contribution in [2.45, 2.75) is 99.4 Å². The minimum Gasteiger partial charge on any atom is -0.493 e. The van der Waals surface area contributed by atoms with Crippen molar-refractivity contribution in [3.8, 4) is 16.9 Å². The summed E-state index contributed by atoms with van der Waals surface area (Å²) in [5, 5.41) is 0. The zero-order valence-corrected chi connectivity index (χ0v) is 27.9. The Morgan fingerprint density at radius 2 is 1.59 bits per heavy atom. The molecule has 44 heavy (non-hydrogen) atoms. The number of esters is 1. The number of nitrogens with zero attached hydrogens (tertiary/aromatic N) is 2. The van der Waals surface area contributed by atoms with Gasteiger partial charge in [-0.2, -0.15) is 0 Å². The number of carbonyl (C=O) groups is 1. The molecule has 6 nitrogen and oxygen atoms in total. The van der Waals surface area contributed by atoms with Gasteiger partial charge in [-0.05, 0) is 102 Å². The van der Waals surface area contributed by atoms with Gasteiger partial charge in [0.1, 0.15) is 11.6 Å². The average Bonchev–Trinajstić information content (AvgIpc) is 2.92. The predicted molar refractivity (Wildman–Crippen MR) is 175 cm³/mol. The van der Waals surface area contributed by atoms with Crippen LogP contribution in [0.25, 0.3) is 11.1 Å². The number of benzene rings is 2. The molecule has 0 spiro atoms. The van der Waals surface area contributed by atoms with Crippen molar-refractivity contribution in [3.63, 3.8) is 0 Å². The Morgan fingerprint density at radius 3 is 2.16 bits per heavy atom. The van der Waals surface area contributed by atoms with Gasteiger partial charge in [0, 0.05) is 42.0 Å². The van der Waals surface area contributed by atoms with Gasteiger partial charge in [0.15, 0.2) is 6.10 Å². The molecule has 2 aromatic carbocycles. The van der Waals surface area contributed by atoms with Crippen LogP contribution in [0.2, 0.25) is 0 Å². The molecule has 3 aromatic rings. The summed E-state index contributed by atoms with van der Waals surface area (Å²) in [6, 6.07) is 14.6. The number of aromatic nitrogens is 1. The van der Waals surface area contributed by atoms with Crippen LogP contribution in [0, 0.1) is 25.1 Å². The van der Waals surface area contributed by atoms with E-state index >= 15 is 0 Å². The first kappa shape index (κ1) is 33.4. The molecule has 2 heterocycles. The zero-order chi connectivity index (χ0) is 32.2. The monoisotopic (exact) mass is 604 g/mol. The molecule has 7 heteroatoms. The van der Waals surface area contributed by atoms with Crippen molar-refractivity contribution < 1.29 is 23.4 Å². The minimum atomic E-state index is -0.928. The van der Waals surface area contributed by atoms with E-state index in [4.69, 9.17) is 19.2 Å². The van der Waals surface area contributed by atoms with E-state index in [1.165, 1.54) is 12.1 Å². The van der Waals surface area contributed by atoms with E-state index in [-0.39, 0.29) is 17.3 Å². The van der Waals surface area contributed by atoms with Crippen LogP contribution in [0.15, 0.2) is 48.5 Å². The Balaban J connectivity index is 1.75. The summed E-state index contributed by atoms with van der Waals surface area (Å²) >= 11 is 0. The van der Waals surface area contributed by atoms with Gasteiger partial charge in [-0.1, -0.05) is 38.1 Å². The molecular weight excluding hydrogens is 555 g/mol. The number of ether oxygens (including phenoxy) is 3. The molecule has 238 valence electrons. The first-order chi connectivity index (χ1) is 20.6. The summed E-state index contributed by atoms with van der Waals surface area (Å²) in [5.41, 5.74) is 6.08. The molecule has 0 aliphatic carbocycles. The second kappa shape index (κ2) is 13.7. The van der Waals surface area contributed by atoms with E-state index in [0.717, 1.165) is 71.0 Å². The Kier molecular flexibility index (Phi) is 10.4. The zero-order valence-electron chi connectivity index (χ0n) is 27.9. The van der Waals surface area contributed by atoms with Gasteiger partial charge in [-0.15, -0.1) is 0 Å². The SMILES string of the molecule is Cc1nc(C)c([C@H](OC(C)(C)C)C(=O)OC(C)C)c(N2CCC(C)(C)CC2)c1-c1ccc(OCCc2ccc(F)cc2)cc1. The van der Waals surface area contributed by atoms with Crippen LogP contribution >= 0.6 is 0 Å². The van der Waals surface area contributed by atoms with Crippen LogP contribution < -0.4 is 9.64 Å². The third kappa shape index (κ3) is 8.59. The van der Waals surface area contributed by atoms with Gasteiger partial charge in [0.25, 0.3) is 0 Å². The number of halogens is 1. The van der Waals surface area contributed by atoms with Gasteiger partial charge in [-0.3, -0.25) is 4.98 Å². The highest BCUT2D eigenvalue weighted by molar-refractivity contribution is 5.88. The van der Waals surface area contributed by atoms with Crippen LogP contribution in [0.1, 0.15) is 89.9 Å². The van der Waals surface area contributed by atoms with E-state index in [9.17, 15) is 9.18 Å². The second-order valence-electron chi connectivity index (χ2n) is 13.9. The number of rotatable bonds is 10. The molecule has 0 saturated carbocycles. The fourth-order valence-electron chi connectivity index (χ4n) is 5.70. The fourth-order valence-corrected chi connectivity index (χ4v) is 5.70. The van der Waals surface area contributed by atoms with Crippen molar-refractivity contribution >= 4 is 11.7 Å². The molecule has 1 atom stereocenters. The molecule has 1 fully saturated rings. The predicted octanol–water partition coefficient (Wildman–Crippen LogP) is 8.56. The molecule has 0 unspecified atom stereocenters. The molecular formula is C37H49FN2O4. The number of hydrogen-bond acceptors (Lipinski definition) is 6. The number of carbonyl (C=O) groups excluding carboxylic acids is 1.